The monoisotopic (exact) mass is 390 g/mol. The van der Waals surface area contributed by atoms with Gasteiger partial charge in [0.15, 0.2) is 5.16 Å². The topological polar surface area (TPSA) is 59.8 Å². The fourth-order valence-corrected chi connectivity index (χ4v) is 4.37. The molecule has 0 spiro atoms. The number of nitrogens with one attached hydrogen (secondary N) is 1. The average Bonchev–Trinajstić information content (AvgIpc) is 3.67. The second-order valence-electron chi connectivity index (χ2n) is 7.48. The lowest BCUT2D eigenvalue weighted by Gasteiger charge is -2.17. The highest BCUT2D eigenvalue weighted by atomic mass is 32.2. The second-order valence-corrected chi connectivity index (χ2v) is 8.55. The molecule has 142 valence electrons. The van der Waals surface area contributed by atoms with Gasteiger partial charge in [-0.2, -0.15) is 0 Å². The Morgan fingerprint density at radius 3 is 2.29 bits per heavy atom. The van der Waals surface area contributed by atoms with Crippen LogP contribution < -0.4 is 5.32 Å². The average molecular weight is 391 g/mol. The molecule has 0 aliphatic heterocycles. The van der Waals surface area contributed by atoms with Crippen LogP contribution in [0.2, 0.25) is 0 Å². The highest BCUT2D eigenvalue weighted by molar-refractivity contribution is 8.00. The molecule has 1 amide bonds. The summed E-state index contributed by atoms with van der Waals surface area (Å²) in [7, 11) is 0. The Morgan fingerprint density at radius 2 is 1.64 bits per heavy atom. The summed E-state index contributed by atoms with van der Waals surface area (Å²) in [4.78, 5) is 13.0. The summed E-state index contributed by atoms with van der Waals surface area (Å²) in [6.07, 6.45) is 4.45. The van der Waals surface area contributed by atoms with Gasteiger partial charge in [0.2, 0.25) is 5.91 Å². The second kappa shape index (κ2) is 7.43. The third kappa shape index (κ3) is 3.69. The minimum Gasteiger partial charge on any atom is -0.352 e. The number of hydrogen-bond acceptors (Lipinski definition) is 4. The summed E-state index contributed by atoms with van der Waals surface area (Å²) >= 11 is 1.48. The van der Waals surface area contributed by atoms with Crippen LogP contribution in [0, 0.1) is 0 Å². The van der Waals surface area contributed by atoms with Gasteiger partial charge in [-0.15, -0.1) is 10.2 Å². The summed E-state index contributed by atoms with van der Waals surface area (Å²) in [5, 5.41) is 12.6. The minimum absolute atomic E-state index is 0.0503. The number of carbonyl (C=O) groups is 1. The maximum absolute atomic E-state index is 13.0. The summed E-state index contributed by atoms with van der Waals surface area (Å²) < 4.78 is 2.13. The lowest BCUT2D eigenvalue weighted by atomic mass is 10.1. The van der Waals surface area contributed by atoms with Crippen molar-refractivity contribution in [2.75, 3.05) is 0 Å². The van der Waals surface area contributed by atoms with Crippen molar-refractivity contribution in [3.8, 4) is 5.69 Å². The van der Waals surface area contributed by atoms with Crippen LogP contribution in [0.1, 0.15) is 48.2 Å². The van der Waals surface area contributed by atoms with Crippen LogP contribution in [0.3, 0.4) is 0 Å². The number of amides is 1. The van der Waals surface area contributed by atoms with Crippen molar-refractivity contribution in [2.45, 2.75) is 48.0 Å². The number of hydrogen-bond donors (Lipinski definition) is 1. The van der Waals surface area contributed by atoms with Gasteiger partial charge in [0.25, 0.3) is 0 Å². The molecule has 0 saturated heterocycles. The van der Waals surface area contributed by atoms with Crippen molar-refractivity contribution in [2.24, 2.45) is 0 Å². The Bertz CT molecular complexity index is 965. The smallest absolute Gasteiger partial charge is 0.238 e. The van der Waals surface area contributed by atoms with Crippen LogP contribution >= 0.6 is 11.8 Å². The molecule has 28 heavy (non-hydrogen) atoms. The van der Waals surface area contributed by atoms with E-state index in [0.717, 1.165) is 47.9 Å². The predicted octanol–water partition coefficient (Wildman–Crippen LogP) is 4.26. The fraction of sp³-hybridized carbons (Fsp3) is 0.318. The third-order valence-corrected chi connectivity index (χ3v) is 6.30. The van der Waals surface area contributed by atoms with Crippen LogP contribution in [0.25, 0.3) is 5.69 Å². The number of rotatable bonds is 7. The number of carbonyl (C=O) groups excluding carboxylic acids is 1. The number of benzene rings is 2. The molecule has 1 heterocycles. The quantitative estimate of drug-likeness (QED) is 0.613. The van der Waals surface area contributed by atoms with Gasteiger partial charge in [0.1, 0.15) is 11.1 Å². The molecule has 2 fully saturated rings. The number of para-hydroxylation sites is 1. The molecule has 3 aromatic rings. The van der Waals surface area contributed by atoms with E-state index < -0.39 is 0 Å². The molecule has 2 aliphatic carbocycles. The van der Waals surface area contributed by atoms with Crippen LogP contribution in [-0.4, -0.2) is 26.7 Å². The summed E-state index contributed by atoms with van der Waals surface area (Å²) in [6, 6.07) is 20.5. The van der Waals surface area contributed by atoms with E-state index in [1.165, 1.54) is 11.8 Å². The lowest BCUT2D eigenvalue weighted by molar-refractivity contribution is -0.120. The first kappa shape index (κ1) is 17.5. The maximum Gasteiger partial charge on any atom is 0.238 e. The zero-order valence-electron chi connectivity index (χ0n) is 15.5. The zero-order chi connectivity index (χ0) is 18.9. The summed E-state index contributed by atoms with van der Waals surface area (Å²) in [6.45, 7) is 0. The highest BCUT2D eigenvalue weighted by Gasteiger charge is 2.34. The molecule has 5 nitrogen and oxygen atoms in total. The molecule has 2 aliphatic rings. The van der Waals surface area contributed by atoms with Crippen molar-refractivity contribution >= 4 is 17.7 Å². The van der Waals surface area contributed by atoms with Crippen LogP contribution in [0.5, 0.6) is 0 Å². The largest absolute Gasteiger partial charge is 0.352 e. The molecule has 1 unspecified atom stereocenters. The van der Waals surface area contributed by atoms with Crippen LogP contribution in [0.4, 0.5) is 0 Å². The van der Waals surface area contributed by atoms with Crippen LogP contribution in [0.15, 0.2) is 65.8 Å². The van der Waals surface area contributed by atoms with E-state index in [0.29, 0.717) is 12.0 Å². The van der Waals surface area contributed by atoms with Crippen LogP contribution in [-0.2, 0) is 4.79 Å². The van der Waals surface area contributed by atoms with Gasteiger partial charge in [-0.1, -0.05) is 60.3 Å². The molecule has 1 aromatic heterocycles. The maximum atomic E-state index is 13.0. The van der Waals surface area contributed by atoms with E-state index in [4.69, 9.17) is 0 Å². The predicted molar refractivity (Wildman–Crippen MR) is 110 cm³/mol. The zero-order valence-corrected chi connectivity index (χ0v) is 16.3. The van der Waals surface area contributed by atoms with Crippen molar-refractivity contribution in [1.29, 1.82) is 0 Å². The van der Waals surface area contributed by atoms with Gasteiger partial charge in [-0.05, 0) is 43.4 Å². The van der Waals surface area contributed by atoms with E-state index in [-0.39, 0.29) is 11.2 Å². The molecule has 1 N–H and O–H groups in total. The molecule has 2 saturated carbocycles. The van der Waals surface area contributed by atoms with E-state index in [9.17, 15) is 4.79 Å². The SMILES string of the molecule is O=C(NC1CC1)C(Sc1nnc(C2CC2)n1-c1ccccc1)c1ccccc1. The number of aromatic nitrogens is 3. The van der Waals surface area contributed by atoms with Gasteiger partial charge in [0.05, 0.1) is 0 Å². The Kier molecular flexibility index (Phi) is 4.64. The van der Waals surface area contributed by atoms with Crippen molar-refractivity contribution < 1.29 is 4.79 Å². The molecular weight excluding hydrogens is 368 g/mol. The first-order valence-electron chi connectivity index (χ1n) is 9.82. The van der Waals surface area contributed by atoms with Gasteiger partial charge >= 0.3 is 0 Å². The molecule has 2 aromatic carbocycles. The Labute approximate surface area is 168 Å². The van der Waals surface area contributed by atoms with Gasteiger partial charge in [-0.25, -0.2) is 0 Å². The third-order valence-electron chi connectivity index (χ3n) is 5.10. The van der Waals surface area contributed by atoms with E-state index >= 15 is 0 Å². The minimum atomic E-state index is -0.347. The van der Waals surface area contributed by atoms with E-state index in [2.05, 4.69) is 32.2 Å². The Hall–Kier alpha value is -2.60. The summed E-state index contributed by atoms with van der Waals surface area (Å²) in [5.41, 5.74) is 2.03. The summed E-state index contributed by atoms with van der Waals surface area (Å²) in [5.74, 6) is 1.52. The molecule has 1 atom stereocenters. The Morgan fingerprint density at radius 1 is 0.964 bits per heavy atom. The number of nitrogens with zero attached hydrogens (tertiary/aromatic N) is 3. The first-order chi connectivity index (χ1) is 13.8. The Balaban J connectivity index is 1.51. The van der Waals surface area contributed by atoms with E-state index in [1.54, 1.807) is 0 Å². The van der Waals surface area contributed by atoms with E-state index in [1.807, 2.05) is 48.5 Å². The standard InChI is InChI=1S/C22H22N4OS/c27-21(23-17-13-14-17)19(15-7-3-1-4-8-15)28-22-25-24-20(16-11-12-16)26(22)18-9-5-2-6-10-18/h1-10,16-17,19H,11-14H2,(H,23,27). The molecule has 5 rings (SSSR count). The van der Waals surface area contributed by atoms with Crippen molar-refractivity contribution in [3.05, 3.63) is 72.1 Å². The molecule has 0 bridgehead atoms. The lowest BCUT2D eigenvalue weighted by Crippen LogP contribution is -2.30. The fourth-order valence-electron chi connectivity index (χ4n) is 3.29. The number of thioether (sulfide) groups is 1. The van der Waals surface area contributed by atoms with Crippen molar-refractivity contribution in [1.82, 2.24) is 20.1 Å². The normalized spacial score (nSPS) is 17.3. The first-order valence-corrected chi connectivity index (χ1v) is 10.7. The van der Waals surface area contributed by atoms with Gasteiger partial charge in [-0.3, -0.25) is 9.36 Å². The van der Waals surface area contributed by atoms with Gasteiger partial charge in [0, 0.05) is 17.6 Å². The van der Waals surface area contributed by atoms with Crippen molar-refractivity contribution in [3.63, 3.8) is 0 Å². The molecular formula is C22H22N4OS. The highest BCUT2D eigenvalue weighted by Crippen LogP contribution is 2.43. The molecule has 6 heteroatoms. The van der Waals surface area contributed by atoms with Gasteiger partial charge < -0.3 is 5.32 Å². The molecule has 0 radical (unpaired) electrons.